The van der Waals surface area contributed by atoms with Crippen LogP contribution in [0.3, 0.4) is 0 Å². The Balaban J connectivity index is 1.74. The predicted molar refractivity (Wildman–Crippen MR) is 99.6 cm³/mol. The van der Waals surface area contributed by atoms with Crippen LogP contribution < -0.4 is 5.32 Å². The van der Waals surface area contributed by atoms with Gasteiger partial charge in [0.15, 0.2) is 16.4 Å². The van der Waals surface area contributed by atoms with Crippen molar-refractivity contribution in [2.45, 2.75) is 31.4 Å². The quantitative estimate of drug-likeness (QED) is 0.724. The fourth-order valence-corrected chi connectivity index (χ4v) is 6.01. The molecule has 138 valence electrons. The van der Waals surface area contributed by atoms with Gasteiger partial charge in [0.25, 0.3) is 5.91 Å². The highest BCUT2D eigenvalue weighted by Gasteiger charge is 2.28. The van der Waals surface area contributed by atoms with Crippen LogP contribution in [-0.4, -0.2) is 49.4 Å². The maximum atomic E-state index is 12.0. The molecule has 1 fully saturated rings. The second-order valence-corrected chi connectivity index (χ2v) is 9.80. The van der Waals surface area contributed by atoms with Crippen molar-refractivity contribution >= 4 is 39.2 Å². The van der Waals surface area contributed by atoms with Crippen molar-refractivity contribution in [3.05, 3.63) is 29.8 Å². The zero-order chi connectivity index (χ0) is 18.4. The van der Waals surface area contributed by atoms with Gasteiger partial charge in [0.1, 0.15) is 0 Å². The zero-order valence-electron chi connectivity index (χ0n) is 14.4. The normalized spacial score (nSPS) is 18.9. The first kappa shape index (κ1) is 19.8. The number of carbonyl (C=O) groups is 2. The highest BCUT2D eigenvalue weighted by Crippen LogP contribution is 2.25. The third kappa shape index (κ3) is 6.36. The molecular weight excluding hydrogens is 362 g/mol. The Morgan fingerprint density at radius 2 is 2.04 bits per heavy atom. The number of nitrogens with one attached hydrogen (secondary N) is 1. The fourth-order valence-electron chi connectivity index (χ4n) is 2.57. The molecule has 1 aromatic carbocycles. The summed E-state index contributed by atoms with van der Waals surface area (Å²) in [6.45, 7) is 3.71. The van der Waals surface area contributed by atoms with E-state index in [1.165, 1.54) is 11.8 Å². The number of rotatable bonds is 7. The van der Waals surface area contributed by atoms with Crippen LogP contribution in [0.15, 0.2) is 24.3 Å². The molecule has 1 amide bonds. The average molecular weight is 386 g/mol. The first-order valence-corrected chi connectivity index (χ1v) is 11.0. The van der Waals surface area contributed by atoms with Gasteiger partial charge in [-0.3, -0.25) is 9.59 Å². The molecule has 1 aliphatic heterocycles. The summed E-state index contributed by atoms with van der Waals surface area (Å²) in [6.07, 6.45) is 0.562. The Morgan fingerprint density at radius 3 is 2.68 bits per heavy atom. The van der Waals surface area contributed by atoms with Crippen molar-refractivity contribution in [1.82, 2.24) is 0 Å². The minimum atomic E-state index is -2.95. The summed E-state index contributed by atoms with van der Waals surface area (Å²) < 4.78 is 27.7. The number of esters is 1. The van der Waals surface area contributed by atoms with E-state index in [-0.39, 0.29) is 35.0 Å². The molecule has 0 saturated carbocycles. The number of anilines is 1. The van der Waals surface area contributed by atoms with E-state index < -0.39 is 21.7 Å². The molecule has 1 N–H and O–H groups in total. The Morgan fingerprint density at radius 1 is 1.32 bits per heavy atom. The van der Waals surface area contributed by atoms with Crippen molar-refractivity contribution in [2.75, 3.05) is 29.2 Å². The van der Waals surface area contributed by atoms with Crippen LogP contribution in [-0.2, 0) is 24.2 Å². The Hall–Kier alpha value is -1.54. The van der Waals surface area contributed by atoms with Crippen molar-refractivity contribution in [2.24, 2.45) is 0 Å². The molecule has 1 aliphatic rings. The lowest BCUT2D eigenvalue weighted by atomic mass is 10.0. The van der Waals surface area contributed by atoms with E-state index >= 15 is 0 Å². The number of para-hydroxylation sites is 1. The molecule has 0 bridgehead atoms. The molecule has 0 unspecified atom stereocenters. The Labute approximate surface area is 152 Å². The smallest absolute Gasteiger partial charge is 0.316 e. The van der Waals surface area contributed by atoms with E-state index in [1.54, 1.807) is 0 Å². The van der Waals surface area contributed by atoms with Gasteiger partial charge in [-0.15, -0.1) is 11.8 Å². The van der Waals surface area contributed by atoms with E-state index in [0.717, 1.165) is 5.56 Å². The number of hydrogen-bond acceptors (Lipinski definition) is 6. The zero-order valence-corrected chi connectivity index (χ0v) is 16.0. The number of amides is 1. The Kier molecular flexibility index (Phi) is 6.89. The average Bonchev–Trinajstić information content (AvgIpc) is 2.90. The SMILES string of the molecule is CC(C)c1ccccc1NC(=O)COC(=O)CS[C@H]1CCS(=O)(=O)C1. The maximum absolute atomic E-state index is 12.0. The van der Waals surface area contributed by atoms with Crippen LogP contribution in [0.4, 0.5) is 5.69 Å². The summed E-state index contributed by atoms with van der Waals surface area (Å²) in [7, 11) is -2.95. The summed E-state index contributed by atoms with van der Waals surface area (Å²) in [4.78, 5) is 23.7. The predicted octanol–water partition coefficient (Wildman–Crippen LogP) is 2.21. The number of carbonyl (C=O) groups excluding carboxylic acids is 2. The monoisotopic (exact) mass is 385 g/mol. The number of benzene rings is 1. The highest BCUT2D eigenvalue weighted by atomic mass is 32.2. The summed E-state index contributed by atoms with van der Waals surface area (Å²) in [5, 5.41) is 2.69. The number of sulfone groups is 1. The van der Waals surface area contributed by atoms with Crippen molar-refractivity contribution in [3.63, 3.8) is 0 Å². The molecule has 1 heterocycles. The molecule has 0 radical (unpaired) electrons. The molecule has 25 heavy (non-hydrogen) atoms. The third-order valence-electron chi connectivity index (χ3n) is 3.85. The van der Waals surface area contributed by atoms with Crippen molar-refractivity contribution < 1.29 is 22.7 Å². The van der Waals surface area contributed by atoms with E-state index in [0.29, 0.717) is 12.1 Å². The number of hydrogen-bond donors (Lipinski definition) is 1. The van der Waals surface area contributed by atoms with Gasteiger partial charge in [0.2, 0.25) is 0 Å². The van der Waals surface area contributed by atoms with Gasteiger partial charge in [-0.2, -0.15) is 0 Å². The second kappa shape index (κ2) is 8.71. The fraction of sp³-hybridized carbons (Fsp3) is 0.529. The van der Waals surface area contributed by atoms with Gasteiger partial charge in [-0.1, -0.05) is 32.0 Å². The number of thioether (sulfide) groups is 1. The van der Waals surface area contributed by atoms with Gasteiger partial charge < -0.3 is 10.1 Å². The minimum absolute atomic E-state index is 0.0516. The summed E-state index contributed by atoms with van der Waals surface area (Å²) in [5.74, 6) is -0.306. The Bertz CT molecular complexity index is 730. The molecule has 8 heteroatoms. The molecule has 0 aliphatic carbocycles. The molecule has 0 spiro atoms. The first-order chi connectivity index (χ1) is 11.8. The third-order valence-corrected chi connectivity index (χ3v) is 7.10. The lowest BCUT2D eigenvalue weighted by molar-refractivity contribution is -0.144. The first-order valence-electron chi connectivity index (χ1n) is 8.13. The summed E-state index contributed by atoms with van der Waals surface area (Å²) in [6, 6.07) is 7.50. The second-order valence-electron chi connectivity index (χ2n) is 6.29. The lowest BCUT2D eigenvalue weighted by Crippen LogP contribution is -2.23. The van der Waals surface area contributed by atoms with Crippen LogP contribution in [0.1, 0.15) is 31.7 Å². The molecule has 1 atom stereocenters. The largest absolute Gasteiger partial charge is 0.455 e. The molecule has 2 rings (SSSR count). The van der Waals surface area contributed by atoms with Crippen LogP contribution in [0, 0.1) is 0 Å². The van der Waals surface area contributed by atoms with Gasteiger partial charge in [-0.05, 0) is 24.0 Å². The van der Waals surface area contributed by atoms with E-state index in [2.05, 4.69) is 5.32 Å². The van der Waals surface area contributed by atoms with Gasteiger partial charge in [0, 0.05) is 10.9 Å². The van der Waals surface area contributed by atoms with E-state index in [1.807, 2.05) is 38.1 Å². The molecule has 0 aromatic heterocycles. The summed E-state index contributed by atoms with van der Waals surface area (Å²) in [5.41, 5.74) is 1.73. The number of ether oxygens (including phenoxy) is 1. The molecule has 1 saturated heterocycles. The highest BCUT2D eigenvalue weighted by molar-refractivity contribution is 8.02. The minimum Gasteiger partial charge on any atom is -0.455 e. The molecule has 6 nitrogen and oxygen atoms in total. The van der Waals surface area contributed by atoms with E-state index in [9.17, 15) is 18.0 Å². The van der Waals surface area contributed by atoms with Gasteiger partial charge in [0.05, 0.1) is 17.3 Å². The summed E-state index contributed by atoms with van der Waals surface area (Å²) >= 11 is 1.27. The topological polar surface area (TPSA) is 89.5 Å². The molecular formula is C17H23NO5S2. The van der Waals surface area contributed by atoms with Gasteiger partial charge in [-0.25, -0.2) is 8.42 Å². The standard InChI is InChI=1S/C17H23NO5S2/c1-12(2)14-5-3-4-6-15(14)18-16(19)9-23-17(20)10-24-13-7-8-25(21,22)11-13/h3-6,12-13H,7-11H2,1-2H3,(H,18,19)/t13-/m0/s1. The lowest BCUT2D eigenvalue weighted by Gasteiger charge is -2.13. The van der Waals surface area contributed by atoms with Crippen molar-refractivity contribution in [1.29, 1.82) is 0 Å². The maximum Gasteiger partial charge on any atom is 0.316 e. The van der Waals surface area contributed by atoms with Crippen LogP contribution in [0.25, 0.3) is 0 Å². The molecule has 1 aromatic rings. The van der Waals surface area contributed by atoms with Crippen LogP contribution in [0.2, 0.25) is 0 Å². The van der Waals surface area contributed by atoms with Crippen molar-refractivity contribution in [3.8, 4) is 0 Å². The van der Waals surface area contributed by atoms with Crippen LogP contribution in [0.5, 0.6) is 0 Å². The van der Waals surface area contributed by atoms with E-state index in [4.69, 9.17) is 4.74 Å². The van der Waals surface area contributed by atoms with Crippen LogP contribution >= 0.6 is 11.8 Å². The van der Waals surface area contributed by atoms with Gasteiger partial charge >= 0.3 is 5.97 Å².